The summed E-state index contributed by atoms with van der Waals surface area (Å²) in [5.41, 5.74) is 2.97. The van der Waals surface area contributed by atoms with E-state index in [1.165, 1.54) is 19.2 Å². The van der Waals surface area contributed by atoms with Gasteiger partial charge in [-0.15, -0.1) is 0 Å². The number of carbonyl (C=O) groups excluding carboxylic acids is 1. The Morgan fingerprint density at radius 3 is 2.33 bits per heavy atom. The molecule has 2 aliphatic rings. The number of fused-ring (bicyclic) bond motifs is 2. The molecule has 0 unspecified atom stereocenters. The number of sulfonamides is 1. The van der Waals surface area contributed by atoms with Gasteiger partial charge in [-0.2, -0.15) is 0 Å². The molecule has 0 aromatic heterocycles. The molecule has 0 fully saturated rings. The van der Waals surface area contributed by atoms with Crippen molar-refractivity contribution in [2.45, 2.75) is 23.4 Å². The molecule has 5 rings (SSSR count). The monoisotopic (exact) mass is 555 g/mol. The minimum atomic E-state index is -3.59. The lowest BCUT2D eigenvalue weighted by Gasteiger charge is -2.35. The van der Waals surface area contributed by atoms with Gasteiger partial charge in [0, 0.05) is 11.3 Å². The number of nitrogens with one attached hydrogen (secondary N) is 3. The first kappa shape index (κ1) is 26.6. The fourth-order valence-electron chi connectivity index (χ4n) is 4.87. The molecule has 39 heavy (non-hydrogen) atoms. The van der Waals surface area contributed by atoms with Crippen LogP contribution in [0.2, 0.25) is 0 Å². The van der Waals surface area contributed by atoms with Crippen molar-refractivity contribution < 1.29 is 36.9 Å². The summed E-state index contributed by atoms with van der Waals surface area (Å²) >= 11 is 0. The molecule has 2 atom stereocenters. The highest BCUT2D eigenvalue weighted by atomic mass is 32.2. The highest BCUT2D eigenvalue weighted by molar-refractivity contribution is 7.89. The second-order valence-corrected chi connectivity index (χ2v) is 10.8. The van der Waals surface area contributed by atoms with E-state index in [-0.39, 0.29) is 17.6 Å². The van der Waals surface area contributed by atoms with Crippen molar-refractivity contribution in [3.8, 4) is 28.7 Å². The molecule has 2 heterocycles. The number of methoxy groups -OCH3 is 3. The molecule has 0 saturated heterocycles. The van der Waals surface area contributed by atoms with Crippen molar-refractivity contribution in [3.63, 3.8) is 0 Å². The molecule has 12 heteroatoms. The molecule has 0 bridgehead atoms. The molecule has 0 aliphatic carbocycles. The zero-order valence-corrected chi connectivity index (χ0v) is 22.7. The summed E-state index contributed by atoms with van der Waals surface area (Å²) < 4.78 is 54.4. The summed E-state index contributed by atoms with van der Waals surface area (Å²) in [6.07, 6.45) is 0.338. The van der Waals surface area contributed by atoms with Crippen LogP contribution in [0.5, 0.6) is 28.7 Å². The van der Waals surface area contributed by atoms with Crippen LogP contribution in [0.15, 0.2) is 53.4 Å². The van der Waals surface area contributed by atoms with Gasteiger partial charge in [0.15, 0.2) is 23.0 Å². The summed E-state index contributed by atoms with van der Waals surface area (Å²) in [4.78, 5) is 13.6. The Balaban J connectivity index is 1.51. The summed E-state index contributed by atoms with van der Waals surface area (Å²) in [6.45, 7) is 0.140. The Kier molecular flexibility index (Phi) is 7.25. The normalized spacial score (nSPS) is 17.7. The van der Waals surface area contributed by atoms with E-state index in [1.807, 2.05) is 24.3 Å². The molecular weight excluding hydrogens is 526 g/mol. The molecule has 11 nitrogen and oxygen atoms in total. The number of hydrogen-bond donors (Lipinski definition) is 3. The second kappa shape index (κ2) is 10.6. The third-order valence-electron chi connectivity index (χ3n) is 6.78. The van der Waals surface area contributed by atoms with Crippen LogP contribution in [0.4, 0.5) is 5.69 Å². The smallest absolute Gasteiger partial charge is 0.241 e. The predicted octanol–water partition coefficient (Wildman–Crippen LogP) is 2.59. The molecular formula is C27H29N3O8S. The van der Waals surface area contributed by atoms with Gasteiger partial charge >= 0.3 is 0 Å². The van der Waals surface area contributed by atoms with Gasteiger partial charge in [0.25, 0.3) is 0 Å². The largest absolute Gasteiger partial charge is 0.493 e. The molecule has 0 radical (unpaired) electrons. The Hall–Kier alpha value is -4.00. The van der Waals surface area contributed by atoms with Crippen molar-refractivity contribution >= 4 is 21.6 Å². The number of carbonyl (C=O) groups is 1. The van der Waals surface area contributed by atoms with E-state index in [9.17, 15) is 13.2 Å². The Labute approximate surface area is 226 Å². The van der Waals surface area contributed by atoms with Gasteiger partial charge in [-0.3, -0.25) is 10.1 Å². The average Bonchev–Trinajstić information content (AvgIpc) is 3.43. The number of amides is 1. The minimum Gasteiger partial charge on any atom is -0.493 e. The molecule has 3 aromatic rings. The van der Waals surface area contributed by atoms with Crippen LogP contribution in [0.3, 0.4) is 0 Å². The van der Waals surface area contributed by atoms with Gasteiger partial charge in [-0.05, 0) is 67.1 Å². The molecule has 3 aromatic carbocycles. The fourth-order valence-corrected chi connectivity index (χ4v) is 5.60. The quantitative estimate of drug-likeness (QED) is 0.384. The van der Waals surface area contributed by atoms with Crippen LogP contribution in [-0.4, -0.2) is 55.5 Å². The molecule has 0 spiro atoms. The van der Waals surface area contributed by atoms with Crippen LogP contribution in [0.25, 0.3) is 0 Å². The van der Waals surface area contributed by atoms with Crippen LogP contribution in [-0.2, 0) is 21.2 Å². The zero-order valence-electron chi connectivity index (χ0n) is 21.9. The molecule has 0 saturated carbocycles. The van der Waals surface area contributed by atoms with Crippen LogP contribution in [0, 0.1) is 0 Å². The van der Waals surface area contributed by atoms with Crippen LogP contribution >= 0.6 is 0 Å². The van der Waals surface area contributed by atoms with Crippen LogP contribution < -0.4 is 39.0 Å². The number of benzene rings is 3. The zero-order chi connectivity index (χ0) is 27.7. The second-order valence-electron chi connectivity index (χ2n) is 8.91. The molecule has 3 N–H and O–H groups in total. The number of anilines is 1. The fraction of sp³-hybridized carbons (Fsp3) is 0.296. The van der Waals surface area contributed by atoms with E-state index in [2.05, 4.69) is 15.4 Å². The average molecular weight is 556 g/mol. The first-order valence-corrected chi connectivity index (χ1v) is 13.6. The van der Waals surface area contributed by atoms with Crippen molar-refractivity contribution in [2.75, 3.05) is 40.5 Å². The van der Waals surface area contributed by atoms with Crippen molar-refractivity contribution in [1.82, 2.24) is 10.0 Å². The summed E-state index contributed by atoms with van der Waals surface area (Å²) in [6, 6.07) is 12.3. The maximum atomic E-state index is 13.5. The Morgan fingerprint density at radius 2 is 1.67 bits per heavy atom. The number of rotatable bonds is 8. The summed E-state index contributed by atoms with van der Waals surface area (Å²) in [7, 11) is 2.40. The van der Waals surface area contributed by atoms with E-state index in [1.54, 1.807) is 33.5 Å². The van der Waals surface area contributed by atoms with Gasteiger partial charge in [0.2, 0.25) is 28.5 Å². The lowest BCUT2D eigenvalue weighted by molar-refractivity contribution is -0.118. The first-order chi connectivity index (χ1) is 18.8. The highest BCUT2D eigenvalue weighted by Gasteiger charge is 2.37. The van der Waals surface area contributed by atoms with Crippen molar-refractivity contribution in [2.24, 2.45) is 0 Å². The van der Waals surface area contributed by atoms with Gasteiger partial charge in [-0.25, -0.2) is 13.1 Å². The van der Waals surface area contributed by atoms with Gasteiger partial charge < -0.3 is 29.0 Å². The SMILES string of the molecule is CNS(=O)(=O)c1ccc(NC(=O)[C@@H]2Cc3cc(OC)c(OC)c(OC)c3[C@@H](c3ccc4c(c3)OCO4)N2)cc1. The summed E-state index contributed by atoms with van der Waals surface area (Å²) in [5, 5.41) is 6.34. The maximum Gasteiger partial charge on any atom is 0.241 e. The van der Waals surface area contributed by atoms with E-state index in [0.717, 1.165) is 16.7 Å². The Bertz CT molecular complexity index is 1510. The van der Waals surface area contributed by atoms with E-state index >= 15 is 0 Å². The molecule has 2 aliphatic heterocycles. The van der Waals surface area contributed by atoms with Gasteiger partial charge in [0.05, 0.1) is 38.3 Å². The third-order valence-corrected chi connectivity index (χ3v) is 8.21. The highest BCUT2D eigenvalue weighted by Crippen LogP contribution is 2.48. The minimum absolute atomic E-state index is 0.101. The maximum absolute atomic E-state index is 13.5. The van der Waals surface area contributed by atoms with Crippen LogP contribution in [0.1, 0.15) is 22.7 Å². The molecule has 206 valence electrons. The van der Waals surface area contributed by atoms with Gasteiger partial charge in [0.1, 0.15) is 0 Å². The van der Waals surface area contributed by atoms with E-state index in [4.69, 9.17) is 23.7 Å². The van der Waals surface area contributed by atoms with Gasteiger partial charge in [-0.1, -0.05) is 6.07 Å². The summed E-state index contributed by atoms with van der Waals surface area (Å²) in [5.74, 6) is 2.41. The lowest BCUT2D eigenvalue weighted by atomic mass is 9.85. The standard InChI is InChI=1S/C27H29N3O8S/c1-28-39(32,33)18-8-6-17(7-9-18)29-27(31)19-11-16-13-22(34-2)25(35-3)26(36-4)23(16)24(30-19)15-5-10-20-21(12-15)38-14-37-20/h5-10,12-13,19,24,28,30H,11,14H2,1-4H3,(H,29,31)/t19-,24+/m0/s1. The van der Waals surface area contributed by atoms with Crippen molar-refractivity contribution in [1.29, 1.82) is 0 Å². The first-order valence-electron chi connectivity index (χ1n) is 12.1. The number of hydrogen-bond acceptors (Lipinski definition) is 9. The Morgan fingerprint density at radius 1 is 0.949 bits per heavy atom. The topological polar surface area (TPSA) is 133 Å². The number of ether oxygens (including phenoxy) is 5. The molecule has 1 amide bonds. The third kappa shape index (κ3) is 4.93. The predicted molar refractivity (Wildman–Crippen MR) is 142 cm³/mol. The van der Waals surface area contributed by atoms with E-state index in [0.29, 0.717) is 40.9 Å². The lowest BCUT2D eigenvalue weighted by Crippen LogP contribution is -2.47. The van der Waals surface area contributed by atoms with E-state index < -0.39 is 22.1 Å². The van der Waals surface area contributed by atoms with Crippen molar-refractivity contribution in [3.05, 3.63) is 65.2 Å².